The third kappa shape index (κ3) is 3.30. The Balaban J connectivity index is 1.38. The van der Waals surface area contributed by atoms with Gasteiger partial charge >= 0.3 is 0 Å². The van der Waals surface area contributed by atoms with Crippen molar-refractivity contribution in [2.45, 2.75) is 44.9 Å². The maximum Gasteiger partial charge on any atom is 0.226 e. The van der Waals surface area contributed by atoms with Crippen LogP contribution in [0.2, 0.25) is 0 Å². The molecular weight excluding hydrogens is 310 g/mol. The summed E-state index contributed by atoms with van der Waals surface area (Å²) < 4.78 is 0. The van der Waals surface area contributed by atoms with Crippen molar-refractivity contribution in [3.8, 4) is 0 Å². The molecule has 1 aliphatic heterocycles. The monoisotopic (exact) mass is 335 g/mol. The van der Waals surface area contributed by atoms with Crippen molar-refractivity contribution in [1.29, 1.82) is 0 Å². The third-order valence-corrected chi connectivity index (χ3v) is 5.83. The second kappa shape index (κ2) is 6.95. The summed E-state index contributed by atoms with van der Waals surface area (Å²) in [5.41, 5.74) is 5.10. The molecule has 0 unspecified atom stereocenters. The molecule has 1 amide bonds. The minimum absolute atomic E-state index is 0.159. The lowest BCUT2D eigenvalue weighted by molar-refractivity contribution is -0.137. The number of aryl methyl sites for hydroxylation is 2. The Bertz CT molecular complexity index is 765. The minimum atomic E-state index is 0.159. The lowest BCUT2D eigenvalue weighted by atomic mass is 9.82. The lowest BCUT2D eigenvalue weighted by Gasteiger charge is -2.35. The minimum Gasteiger partial charge on any atom is -0.342 e. The van der Waals surface area contributed by atoms with Crippen LogP contribution in [0.5, 0.6) is 0 Å². The van der Waals surface area contributed by atoms with E-state index < -0.39 is 0 Å². The molecule has 4 rings (SSSR count). The van der Waals surface area contributed by atoms with Gasteiger partial charge in [-0.25, -0.2) is 9.97 Å². The van der Waals surface area contributed by atoms with Gasteiger partial charge in [-0.1, -0.05) is 24.3 Å². The Morgan fingerprint density at radius 3 is 2.64 bits per heavy atom. The SMILES string of the molecule is Cc1cncnc1C1CCN(C(=O)[C@H]2CCc3ccccc3C2)CC1. The van der Waals surface area contributed by atoms with Crippen molar-refractivity contribution >= 4 is 5.91 Å². The van der Waals surface area contributed by atoms with Crippen LogP contribution in [0.15, 0.2) is 36.8 Å². The van der Waals surface area contributed by atoms with E-state index in [-0.39, 0.29) is 5.92 Å². The van der Waals surface area contributed by atoms with Crippen molar-refractivity contribution in [3.63, 3.8) is 0 Å². The van der Waals surface area contributed by atoms with Crippen molar-refractivity contribution in [1.82, 2.24) is 14.9 Å². The summed E-state index contributed by atoms with van der Waals surface area (Å²) in [5.74, 6) is 0.971. The zero-order valence-corrected chi connectivity index (χ0v) is 14.8. The highest BCUT2D eigenvalue weighted by Gasteiger charge is 2.31. The van der Waals surface area contributed by atoms with Gasteiger partial charge in [0.25, 0.3) is 0 Å². The molecule has 0 N–H and O–H groups in total. The first-order chi connectivity index (χ1) is 12.2. The molecule has 0 saturated carbocycles. The lowest BCUT2D eigenvalue weighted by Crippen LogP contribution is -2.43. The molecule has 1 atom stereocenters. The van der Waals surface area contributed by atoms with Gasteiger partial charge < -0.3 is 4.90 Å². The van der Waals surface area contributed by atoms with Crippen molar-refractivity contribution in [2.24, 2.45) is 5.92 Å². The molecule has 25 heavy (non-hydrogen) atoms. The topological polar surface area (TPSA) is 46.1 Å². The van der Waals surface area contributed by atoms with E-state index in [1.165, 1.54) is 11.1 Å². The van der Waals surface area contributed by atoms with E-state index in [1.54, 1.807) is 6.33 Å². The van der Waals surface area contributed by atoms with Gasteiger partial charge in [0.05, 0.1) is 0 Å². The number of benzene rings is 1. The van der Waals surface area contributed by atoms with Crippen LogP contribution in [0.3, 0.4) is 0 Å². The standard InChI is InChI=1S/C21H25N3O/c1-15-13-22-14-23-20(15)17-8-10-24(11-9-17)21(25)19-7-6-16-4-2-3-5-18(16)12-19/h2-5,13-14,17,19H,6-12H2,1H3/t19-/m0/s1. The molecule has 4 heteroatoms. The normalized spacial score (nSPS) is 21.0. The Kier molecular flexibility index (Phi) is 4.51. The molecule has 0 spiro atoms. The summed E-state index contributed by atoms with van der Waals surface area (Å²) in [6.45, 7) is 3.78. The predicted molar refractivity (Wildman–Crippen MR) is 97.3 cm³/mol. The van der Waals surface area contributed by atoms with Gasteiger partial charge in [0.2, 0.25) is 5.91 Å². The number of amides is 1. The molecule has 1 fully saturated rings. The summed E-state index contributed by atoms with van der Waals surface area (Å²) in [7, 11) is 0. The molecule has 130 valence electrons. The molecule has 2 aromatic rings. The molecule has 1 saturated heterocycles. The van der Waals surface area contributed by atoms with E-state index in [9.17, 15) is 4.79 Å². The Hall–Kier alpha value is -2.23. The van der Waals surface area contributed by atoms with Gasteiger partial charge in [-0.15, -0.1) is 0 Å². The van der Waals surface area contributed by atoms with Crippen LogP contribution in [0.25, 0.3) is 0 Å². The number of rotatable bonds is 2. The van der Waals surface area contributed by atoms with Crippen LogP contribution in [0, 0.1) is 12.8 Å². The van der Waals surface area contributed by atoms with E-state index >= 15 is 0 Å². The van der Waals surface area contributed by atoms with Crippen LogP contribution in [-0.2, 0) is 17.6 Å². The largest absolute Gasteiger partial charge is 0.342 e. The summed E-state index contributed by atoms with van der Waals surface area (Å²) in [6.07, 6.45) is 8.46. The highest BCUT2D eigenvalue weighted by Crippen LogP contribution is 2.31. The fourth-order valence-electron chi connectivity index (χ4n) is 4.38. The maximum absolute atomic E-state index is 13.0. The highest BCUT2D eigenvalue weighted by atomic mass is 16.2. The average molecular weight is 335 g/mol. The molecule has 4 nitrogen and oxygen atoms in total. The van der Waals surface area contributed by atoms with Crippen LogP contribution < -0.4 is 0 Å². The van der Waals surface area contributed by atoms with Gasteiger partial charge in [-0.3, -0.25) is 4.79 Å². The summed E-state index contributed by atoms with van der Waals surface area (Å²) >= 11 is 0. The van der Waals surface area contributed by atoms with Gasteiger partial charge in [-0.2, -0.15) is 0 Å². The number of fused-ring (bicyclic) bond motifs is 1. The van der Waals surface area contributed by atoms with Crippen molar-refractivity contribution in [2.75, 3.05) is 13.1 Å². The Morgan fingerprint density at radius 1 is 1.12 bits per heavy atom. The molecular formula is C21H25N3O. The number of hydrogen-bond donors (Lipinski definition) is 0. The van der Waals surface area contributed by atoms with Crippen LogP contribution in [0.4, 0.5) is 0 Å². The molecule has 0 radical (unpaired) electrons. The van der Waals surface area contributed by atoms with Gasteiger partial charge in [0, 0.05) is 36.8 Å². The molecule has 0 bridgehead atoms. The van der Waals surface area contributed by atoms with Gasteiger partial charge in [0.15, 0.2) is 0 Å². The first-order valence-electron chi connectivity index (χ1n) is 9.34. The zero-order valence-electron chi connectivity index (χ0n) is 14.8. The number of nitrogens with zero attached hydrogens (tertiary/aromatic N) is 3. The van der Waals surface area contributed by atoms with E-state index in [4.69, 9.17) is 0 Å². The van der Waals surface area contributed by atoms with Crippen molar-refractivity contribution in [3.05, 3.63) is 59.2 Å². The Morgan fingerprint density at radius 2 is 1.88 bits per heavy atom. The molecule has 2 aliphatic rings. The van der Waals surface area contributed by atoms with Crippen LogP contribution in [-0.4, -0.2) is 33.9 Å². The molecule has 2 heterocycles. The fraction of sp³-hybridized carbons (Fsp3) is 0.476. The fourth-order valence-corrected chi connectivity index (χ4v) is 4.38. The van der Waals surface area contributed by atoms with E-state index in [0.717, 1.165) is 56.5 Å². The maximum atomic E-state index is 13.0. The van der Waals surface area contributed by atoms with E-state index in [2.05, 4.69) is 46.1 Å². The predicted octanol–water partition coefficient (Wildman–Crippen LogP) is 3.30. The number of carbonyl (C=O) groups excluding carboxylic acids is 1. The number of aromatic nitrogens is 2. The molecule has 1 aromatic heterocycles. The first-order valence-corrected chi connectivity index (χ1v) is 9.34. The second-order valence-electron chi connectivity index (χ2n) is 7.40. The Labute approximate surface area is 149 Å². The number of carbonyl (C=O) groups is 1. The molecule has 1 aromatic carbocycles. The van der Waals surface area contributed by atoms with Gasteiger partial charge in [-0.05, 0) is 55.7 Å². The van der Waals surface area contributed by atoms with Crippen molar-refractivity contribution < 1.29 is 4.79 Å². The quantitative estimate of drug-likeness (QED) is 0.846. The third-order valence-electron chi connectivity index (χ3n) is 5.83. The summed E-state index contributed by atoms with van der Waals surface area (Å²) in [5, 5.41) is 0. The van der Waals surface area contributed by atoms with Gasteiger partial charge in [0.1, 0.15) is 6.33 Å². The van der Waals surface area contributed by atoms with Crippen LogP contribution in [0.1, 0.15) is 47.6 Å². The second-order valence-corrected chi connectivity index (χ2v) is 7.40. The van der Waals surface area contributed by atoms with Crippen LogP contribution >= 0.6 is 0 Å². The number of piperidine rings is 1. The zero-order chi connectivity index (χ0) is 17.2. The smallest absolute Gasteiger partial charge is 0.226 e. The average Bonchev–Trinajstić information content (AvgIpc) is 2.67. The van der Waals surface area contributed by atoms with E-state index in [1.807, 2.05) is 6.20 Å². The highest BCUT2D eigenvalue weighted by molar-refractivity contribution is 5.79. The number of likely N-dealkylation sites (tertiary alicyclic amines) is 1. The molecule has 1 aliphatic carbocycles. The number of hydrogen-bond acceptors (Lipinski definition) is 3. The van der Waals surface area contributed by atoms with E-state index in [0.29, 0.717) is 11.8 Å². The summed E-state index contributed by atoms with van der Waals surface area (Å²) in [4.78, 5) is 23.6. The summed E-state index contributed by atoms with van der Waals surface area (Å²) in [6, 6.07) is 8.56. The first kappa shape index (κ1) is 16.2.